The van der Waals surface area contributed by atoms with E-state index in [0.717, 1.165) is 30.9 Å². The van der Waals surface area contributed by atoms with Crippen LogP contribution in [0.5, 0.6) is 5.75 Å². The van der Waals surface area contributed by atoms with E-state index in [0.29, 0.717) is 104 Å². The van der Waals surface area contributed by atoms with E-state index in [1.54, 1.807) is 68.3 Å². The van der Waals surface area contributed by atoms with Crippen molar-refractivity contribution in [2.75, 3.05) is 76.2 Å². The maximum Gasteiger partial charge on any atom is 0.274 e. The van der Waals surface area contributed by atoms with Crippen LogP contribution in [0, 0.1) is 31.5 Å². The Hall–Kier alpha value is -7.02. The fourth-order valence-electron chi connectivity index (χ4n) is 10.5. The predicted octanol–water partition coefficient (Wildman–Crippen LogP) is 5.79. The van der Waals surface area contributed by atoms with E-state index in [1.165, 1.54) is 48.1 Å². The zero-order valence-electron chi connectivity index (χ0n) is 45.0. The molecule has 9 rings (SSSR count). The molecule has 78 heavy (non-hydrogen) atoms. The van der Waals surface area contributed by atoms with Gasteiger partial charge in [-0.1, -0.05) is 0 Å². The van der Waals surface area contributed by atoms with Crippen molar-refractivity contribution in [2.24, 2.45) is 17.6 Å². The number of nitrogens with one attached hydrogen (secondary N) is 3. The lowest BCUT2D eigenvalue weighted by molar-refractivity contribution is -0.147. The van der Waals surface area contributed by atoms with Crippen molar-refractivity contribution >= 4 is 73.0 Å². The lowest BCUT2D eigenvalue weighted by Gasteiger charge is -2.44. The largest absolute Gasteiger partial charge is 0.492 e. The van der Waals surface area contributed by atoms with Crippen LogP contribution in [0.25, 0.3) is 10.9 Å². The molecular weight excluding hydrogens is 1040 g/mol. The number of likely N-dealkylation sites (N-methyl/N-ethyl adjacent to an activating group) is 1. The van der Waals surface area contributed by atoms with Gasteiger partial charge in [-0.3, -0.25) is 29.2 Å². The number of carbonyl (C=O) groups excluding carboxylic acids is 4. The van der Waals surface area contributed by atoms with Crippen LogP contribution in [0.3, 0.4) is 0 Å². The molecule has 0 radical (unpaired) electrons. The van der Waals surface area contributed by atoms with Crippen molar-refractivity contribution in [3.8, 4) is 5.75 Å². The van der Waals surface area contributed by atoms with E-state index in [9.17, 15) is 32.0 Å². The van der Waals surface area contributed by atoms with Crippen LogP contribution in [0.15, 0.2) is 65.4 Å². The number of fused-ring (bicyclic) bond motifs is 1. The van der Waals surface area contributed by atoms with Crippen LogP contribution in [-0.4, -0.2) is 158 Å². The average molecular weight is 1110 g/mol. The van der Waals surface area contributed by atoms with Crippen molar-refractivity contribution in [1.82, 2.24) is 55.1 Å². The molecule has 2 aromatic carbocycles. The molecule has 0 saturated carbocycles. The highest BCUT2D eigenvalue weighted by Crippen LogP contribution is 2.41. The molecule has 3 amide bonds. The van der Waals surface area contributed by atoms with E-state index in [2.05, 4.69) is 55.6 Å². The number of primary amides is 1. The van der Waals surface area contributed by atoms with E-state index >= 15 is 0 Å². The maximum atomic E-state index is 14.8. The van der Waals surface area contributed by atoms with Crippen LogP contribution in [0.2, 0.25) is 0 Å². The number of hydrogen-bond donors (Lipinski definition) is 4. The zero-order chi connectivity index (χ0) is 55.7. The third kappa shape index (κ3) is 11.3. The number of sulfone groups is 1. The molecule has 3 atom stereocenters. The van der Waals surface area contributed by atoms with Gasteiger partial charge in [0.25, 0.3) is 5.91 Å². The summed E-state index contributed by atoms with van der Waals surface area (Å²) in [5.74, 6) is -1.23. The van der Waals surface area contributed by atoms with Gasteiger partial charge in [0, 0.05) is 86.0 Å². The predicted molar refractivity (Wildman–Crippen MR) is 293 cm³/mol. The summed E-state index contributed by atoms with van der Waals surface area (Å²) in [5.41, 5.74) is 7.70. The number of ketones is 1. The van der Waals surface area contributed by atoms with Crippen LogP contribution in [-0.2, 0) is 19.4 Å². The molecule has 3 saturated heterocycles. The zero-order valence-corrected chi connectivity index (χ0v) is 46.6. The van der Waals surface area contributed by atoms with Gasteiger partial charge in [0.2, 0.25) is 17.6 Å². The molecule has 3 aliphatic heterocycles. The Morgan fingerprint density at radius 1 is 0.910 bits per heavy atom. The summed E-state index contributed by atoms with van der Waals surface area (Å²) in [6.07, 6.45) is 7.38. The maximum absolute atomic E-state index is 14.8. The number of nitrogens with two attached hydrogens (primary N) is 1. The van der Waals surface area contributed by atoms with Crippen molar-refractivity contribution in [3.63, 3.8) is 0 Å². The number of piperazine rings is 1. The highest BCUT2D eigenvalue weighted by Gasteiger charge is 2.51. The summed E-state index contributed by atoms with van der Waals surface area (Å²) < 4.78 is 46.7. The number of ether oxygens (including phenoxy) is 1. The molecule has 7 heterocycles. The van der Waals surface area contributed by atoms with Gasteiger partial charge in [0.05, 0.1) is 41.2 Å². The summed E-state index contributed by atoms with van der Waals surface area (Å²) >= 11 is 1.29. The molecule has 3 aliphatic rings. The fourth-order valence-corrected chi connectivity index (χ4v) is 12.8. The van der Waals surface area contributed by atoms with Gasteiger partial charge in [-0.05, 0) is 117 Å². The Morgan fingerprint density at radius 3 is 2.28 bits per heavy atom. The average Bonchev–Trinajstić information content (AvgIpc) is 4.21. The quantitative estimate of drug-likeness (QED) is 0.0586. The summed E-state index contributed by atoms with van der Waals surface area (Å²) in [7, 11) is -2.23. The monoisotopic (exact) mass is 1110 g/mol. The highest BCUT2D eigenvalue weighted by atomic mass is 32.2. The van der Waals surface area contributed by atoms with Crippen molar-refractivity contribution < 1.29 is 36.7 Å². The number of aromatic amines is 1. The fraction of sp³-hybridized carbons (Fsp3) is 0.481. The van der Waals surface area contributed by atoms with Gasteiger partial charge < -0.3 is 35.8 Å². The first kappa shape index (κ1) is 55.7. The molecule has 24 heteroatoms. The number of piperidine rings is 1. The molecule has 21 nitrogen and oxygen atoms in total. The summed E-state index contributed by atoms with van der Waals surface area (Å²) in [6.45, 7) is 15.4. The number of nitrogens with zero attached hydrogens (tertiary/aromatic N) is 10. The normalized spacial score (nSPS) is 18.0. The summed E-state index contributed by atoms with van der Waals surface area (Å²) in [4.78, 5) is 85.8. The van der Waals surface area contributed by atoms with E-state index in [-0.39, 0.29) is 52.2 Å². The standard InChI is InChI=1S/C54H67FN14O7S2/c1-32-33(2)64-65-47(32)63-48-37-26-43(78(74,75)53(3,4)5)42(27-38(37)60-31-61-48)76-25-9-17-66-21-23-67(24-22-66)44-29-58-39(28-59-44)50(71)68-19-15-34(16-20-68)45(54(6,57-7)52(56)73)51(72)69-18-8-10-41(69)49-62-40(30-77-49)46(70)35-11-13-36(55)14-12-35/h11-14,26-31,34,41,45,57H,8-10,15-25H2,1-7H3,(H2,56,73)(H2,60,61,63,64,65)/t41-,45+,54?/m0/s1. The number of benzene rings is 2. The number of anilines is 3. The second-order valence-corrected chi connectivity index (χ2v) is 25.0. The molecule has 0 bridgehead atoms. The van der Waals surface area contributed by atoms with Crippen molar-refractivity contribution in [1.29, 1.82) is 0 Å². The van der Waals surface area contributed by atoms with Crippen molar-refractivity contribution in [2.45, 2.75) is 94.9 Å². The van der Waals surface area contributed by atoms with Crippen LogP contribution in [0.1, 0.15) is 109 Å². The molecule has 0 aliphatic carbocycles. The SMILES string of the molecule is CNC(C)(C(N)=O)[C@@H](C(=O)N1CCC[C@H]1c1nc(C(=O)c2ccc(F)cc2)cs1)C1CCN(C(=O)c2cnc(N3CCN(CCCOc4cc5ncnc(Nc6n[nH]c(C)c6C)c5cc4S(=O)(=O)C(C)(C)C)CC3)cn2)CC1. The topological polar surface area (TPSA) is 268 Å². The number of carbonyl (C=O) groups is 4. The molecule has 4 aromatic heterocycles. The van der Waals surface area contributed by atoms with Crippen LogP contribution in [0.4, 0.5) is 21.8 Å². The number of hydrogen-bond acceptors (Lipinski definition) is 18. The second-order valence-electron chi connectivity index (χ2n) is 21.4. The Labute approximate surface area is 456 Å². The Bertz CT molecular complexity index is 3300. The minimum absolute atomic E-state index is 0.0670. The van der Waals surface area contributed by atoms with Crippen LogP contribution >= 0.6 is 11.3 Å². The first-order chi connectivity index (χ1) is 37.2. The van der Waals surface area contributed by atoms with Gasteiger partial charge in [-0.15, -0.1) is 11.3 Å². The first-order valence-electron chi connectivity index (χ1n) is 26.3. The molecule has 3 fully saturated rings. The molecule has 0 spiro atoms. The Balaban J connectivity index is 0.778. The van der Waals surface area contributed by atoms with E-state index < -0.39 is 43.8 Å². The van der Waals surface area contributed by atoms with E-state index in [1.807, 2.05) is 13.8 Å². The van der Waals surface area contributed by atoms with Crippen LogP contribution < -0.4 is 26.0 Å². The van der Waals surface area contributed by atoms with Gasteiger partial charge in [-0.2, -0.15) is 5.10 Å². The number of H-pyrrole nitrogens is 1. The number of aromatic nitrogens is 7. The smallest absolute Gasteiger partial charge is 0.274 e. The molecular formula is C54H67FN14O7S2. The number of likely N-dealkylation sites (tertiary alicyclic amines) is 2. The second kappa shape index (κ2) is 22.8. The highest BCUT2D eigenvalue weighted by molar-refractivity contribution is 7.92. The molecule has 5 N–H and O–H groups in total. The van der Waals surface area contributed by atoms with Crippen molar-refractivity contribution in [3.05, 3.63) is 99.5 Å². The Kier molecular flexibility index (Phi) is 16.3. The summed E-state index contributed by atoms with van der Waals surface area (Å²) in [6, 6.07) is 8.12. The number of thiazole rings is 1. The molecule has 414 valence electrons. The first-order valence-corrected chi connectivity index (χ1v) is 28.6. The number of aryl methyl sites for hydroxylation is 1. The van der Waals surface area contributed by atoms with E-state index in [4.69, 9.17) is 10.5 Å². The lowest BCUT2D eigenvalue weighted by atomic mass is 9.71. The minimum atomic E-state index is -3.85. The summed E-state index contributed by atoms with van der Waals surface area (Å²) in [5, 5.41) is 16.4. The number of halogens is 1. The third-order valence-electron chi connectivity index (χ3n) is 15.6. The van der Waals surface area contributed by atoms with Gasteiger partial charge in [0.15, 0.2) is 15.7 Å². The Morgan fingerprint density at radius 2 is 1.64 bits per heavy atom. The number of amides is 3. The van der Waals surface area contributed by atoms with Gasteiger partial charge in [-0.25, -0.2) is 37.7 Å². The van der Waals surface area contributed by atoms with Gasteiger partial charge >= 0.3 is 0 Å². The third-order valence-corrected chi connectivity index (χ3v) is 19.1. The molecule has 1 unspecified atom stereocenters. The lowest BCUT2D eigenvalue weighted by Crippen LogP contribution is -2.63. The number of rotatable bonds is 18. The van der Waals surface area contributed by atoms with Gasteiger partial charge in [0.1, 0.15) is 56.4 Å². The minimum Gasteiger partial charge on any atom is -0.492 e. The molecule has 6 aromatic rings.